The molecule has 2 N–H and O–H groups in total. The molecule has 0 aromatic heterocycles. The van der Waals surface area contributed by atoms with Crippen molar-refractivity contribution in [2.45, 2.75) is 18.9 Å². The van der Waals surface area contributed by atoms with Crippen molar-refractivity contribution >= 4 is 27.5 Å². The van der Waals surface area contributed by atoms with E-state index < -0.39 is 0 Å². The van der Waals surface area contributed by atoms with Crippen molar-refractivity contribution < 1.29 is 4.74 Å². The first-order chi connectivity index (χ1) is 7.68. The summed E-state index contributed by atoms with van der Waals surface area (Å²) in [6.07, 6.45) is 4.13. The van der Waals surface area contributed by atoms with Gasteiger partial charge in [-0.25, -0.2) is 0 Å². The zero-order valence-corrected chi connectivity index (χ0v) is 11.1. The molecule has 0 fully saturated rings. The first-order valence-electron chi connectivity index (χ1n) is 5.22. The quantitative estimate of drug-likeness (QED) is 0.902. The third-order valence-corrected chi connectivity index (χ3v) is 3.39. The molecule has 1 aliphatic rings. The van der Waals surface area contributed by atoms with Crippen LogP contribution >= 0.6 is 27.5 Å². The predicted molar refractivity (Wildman–Crippen MR) is 69.3 cm³/mol. The third-order valence-electron chi connectivity index (χ3n) is 2.57. The minimum atomic E-state index is -0.263. The van der Waals surface area contributed by atoms with Crippen LogP contribution in [0.25, 0.3) is 0 Å². The van der Waals surface area contributed by atoms with E-state index in [1.165, 1.54) is 0 Å². The molecule has 0 saturated heterocycles. The molecule has 0 saturated carbocycles. The molecule has 0 bridgehead atoms. The molecule has 0 radical (unpaired) electrons. The zero-order chi connectivity index (χ0) is 11.5. The number of allylic oxidation sites excluding steroid dienone is 1. The first-order valence-corrected chi connectivity index (χ1v) is 6.39. The van der Waals surface area contributed by atoms with Crippen LogP contribution in [0.1, 0.15) is 24.4 Å². The number of hydrogen-bond acceptors (Lipinski definition) is 2. The van der Waals surface area contributed by atoms with Crippen molar-refractivity contribution in [2.24, 2.45) is 5.73 Å². The molecule has 4 heteroatoms. The Bertz CT molecular complexity index is 419. The molecule has 0 aliphatic carbocycles. The highest BCUT2D eigenvalue weighted by Crippen LogP contribution is 2.30. The van der Waals surface area contributed by atoms with Crippen LogP contribution in [0.2, 0.25) is 5.02 Å². The molecule has 1 heterocycles. The molecule has 1 unspecified atom stereocenters. The molecule has 16 heavy (non-hydrogen) atoms. The average molecular weight is 303 g/mol. The Morgan fingerprint density at radius 3 is 2.88 bits per heavy atom. The summed E-state index contributed by atoms with van der Waals surface area (Å²) in [4.78, 5) is 0. The van der Waals surface area contributed by atoms with Gasteiger partial charge < -0.3 is 10.5 Å². The fraction of sp³-hybridized carbons (Fsp3) is 0.333. The van der Waals surface area contributed by atoms with Crippen LogP contribution in [0.5, 0.6) is 0 Å². The van der Waals surface area contributed by atoms with E-state index in [-0.39, 0.29) is 6.04 Å². The van der Waals surface area contributed by atoms with Gasteiger partial charge in [-0.1, -0.05) is 33.6 Å². The fourth-order valence-electron chi connectivity index (χ4n) is 1.70. The molecule has 1 aliphatic heterocycles. The Morgan fingerprint density at radius 2 is 2.25 bits per heavy atom. The molecule has 86 valence electrons. The van der Waals surface area contributed by atoms with Gasteiger partial charge in [-0.2, -0.15) is 0 Å². The van der Waals surface area contributed by atoms with Crippen molar-refractivity contribution in [2.75, 3.05) is 6.61 Å². The van der Waals surface area contributed by atoms with Gasteiger partial charge in [-0.05, 0) is 36.6 Å². The SMILES string of the molecule is NC(C1=CCCCO1)c1ccc(Br)cc1Cl. The summed E-state index contributed by atoms with van der Waals surface area (Å²) in [6, 6.07) is 5.45. The third kappa shape index (κ3) is 2.59. The van der Waals surface area contributed by atoms with E-state index >= 15 is 0 Å². The van der Waals surface area contributed by atoms with Gasteiger partial charge in [0.1, 0.15) is 5.76 Å². The second-order valence-electron chi connectivity index (χ2n) is 3.74. The minimum absolute atomic E-state index is 0.263. The van der Waals surface area contributed by atoms with Gasteiger partial charge in [0, 0.05) is 9.50 Å². The molecular weight excluding hydrogens is 289 g/mol. The van der Waals surface area contributed by atoms with Crippen molar-refractivity contribution in [3.63, 3.8) is 0 Å². The number of benzene rings is 1. The van der Waals surface area contributed by atoms with Crippen LogP contribution < -0.4 is 5.73 Å². The Morgan fingerprint density at radius 1 is 1.44 bits per heavy atom. The number of rotatable bonds is 2. The van der Waals surface area contributed by atoms with Gasteiger partial charge in [0.05, 0.1) is 12.6 Å². The van der Waals surface area contributed by atoms with Crippen molar-refractivity contribution in [1.82, 2.24) is 0 Å². The number of nitrogens with two attached hydrogens (primary N) is 1. The Balaban J connectivity index is 2.26. The molecule has 1 aromatic rings. The van der Waals surface area contributed by atoms with Crippen LogP contribution in [-0.2, 0) is 4.74 Å². The van der Waals surface area contributed by atoms with Crippen LogP contribution in [-0.4, -0.2) is 6.61 Å². The topological polar surface area (TPSA) is 35.2 Å². The van der Waals surface area contributed by atoms with E-state index in [0.29, 0.717) is 5.02 Å². The zero-order valence-electron chi connectivity index (χ0n) is 8.75. The maximum atomic E-state index is 6.15. The highest BCUT2D eigenvalue weighted by molar-refractivity contribution is 9.10. The molecule has 0 spiro atoms. The van der Waals surface area contributed by atoms with Crippen LogP contribution in [0.4, 0.5) is 0 Å². The number of ether oxygens (including phenoxy) is 1. The van der Waals surface area contributed by atoms with E-state index in [9.17, 15) is 0 Å². The summed E-state index contributed by atoms with van der Waals surface area (Å²) in [7, 11) is 0. The lowest BCUT2D eigenvalue weighted by Crippen LogP contribution is -2.18. The molecule has 1 atom stereocenters. The van der Waals surface area contributed by atoms with E-state index in [0.717, 1.165) is 35.2 Å². The second kappa shape index (κ2) is 5.21. The summed E-state index contributed by atoms with van der Waals surface area (Å²) in [6.45, 7) is 0.744. The second-order valence-corrected chi connectivity index (χ2v) is 5.06. The van der Waals surface area contributed by atoms with Crippen molar-refractivity contribution in [3.05, 3.63) is 45.1 Å². The Labute approximate surface area is 109 Å². The molecular formula is C12H13BrClNO. The van der Waals surface area contributed by atoms with Gasteiger partial charge in [-0.15, -0.1) is 0 Å². The summed E-state index contributed by atoms with van der Waals surface area (Å²) in [5.41, 5.74) is 7.03. The van der Waals surface area contributed by atoms with Crippen molar-refractivity contribution in [1.29, 1.82) is 0 Å². The van der Waals surface area contributed by atoms with Crippen LogP contribution in [0.15, 0.2) is 34.5 Å². The van der Waals surface area contributed by atoms with E-state index in [2.05, 4.69) is 15.9 Å². The Kier molecular flexibility index (Phi) is 3.90. The minimum Gasteiger partial charge on any atom is -0.496 e. The lowest BCUT2D eigenvalue weighted by molar-refractivity contribution is 0.176. The van der Waals surface area contributed by atoms with Gasteiger partial charge in [0.15, 0.2) is 0 Å². The highest BCUT2D eigenvalue weighted by Gasteiger charge is 2.18. The average Bonchev–Trinajstić information content (AvgIpc) is 2.29. The fourth-order valence-corrected chi connectivity index (χ4v) is 2.49. The largest absolute Gasteiger partial charge is 0.496 e. The number of hydrogen-bond donors (Lipinski definition) is 1. The Hall–Kier alpha value is -0.510. The molecule has 1 aromatic carbocycles. The lowest BCUT2D eigenvalue weighted by atomic mass is 10.0. The van der Waals surface area contributed by atoms with Crippen molar-refractivity contribution in [3.8, 4) is 0 Å². The maximum absolute atomic E-state index is 6.15. The lowest BCUT2D eigenvalue weighted by Gasteiger charge is -2.21. The summed E-state index contributed by atoms with van der Waals surface area (Å²) >= 11 is 9.52. The molecule has 2 rings (SSSR count). The maximum Gasteiger partial charge on any atom is 0.113 e. The number of halogens is 2. The van der Waals surface area contributed by atoms with E-state index in [4.69, 9.17) is 22.1 Å². The van der Waals surface area contributed by atoms with Gasteiger partial charge in [0.2, 0.25) is 0 Å². The van der Waals surface area contributed by atoms with E-state index in [1.807, 2.05) is 24.3 Å². The van der Waals surface area contributed by atoms with Crippen LogP contribution in [0, 0.1) is 0 Å². The monoisotopic (exact) mass is 301 g/mol. The van der Waals surface area contributed by atoms with Gasteiger partial charge >= 0.3 is 0 Å². The summed E-state index contributed by atoms with van der Waals surface area (Å²) in [5.74, 6) is 0.829. The summed E-state index contributed by atoms with van der Waals surface area (Å²) in [5, 5.41) is 0.664. The molecule has 2 nitrogen and oxygen atoms in total. The van der Waals surface area contributed by atoms with Gasteiger partial charge in [0.25, 0.3) is 0 Å². The molecule has 0 amide bonds. The van der Waals surface area contributed by atoms with Gasteiger partial charge in [-0.3, -0.25) is 0 Å². The standard InChI is InChI=1S/C12H13BrClNO/c13-8-4-5-9(10(14)7-8)12(15)11-3-1-2-6-16-11/h3-5,7,12H,1-2,6,15H2. The normalized spacial score (nSPS) is 17.6. The predicted octanol–water partition coefficient (Wildman–Crippen LogP) is 3.80. The smallest absolute Gasteiger partial charge is 0.113 e. The highest BCUT2D eigenvalue weighted by atomic mass is 79.9. The van der Waals surface area contributed by atoms with Crippen LogP contribution in [0.3, 0.4) is 0 Å². The van der Waals surface area contributed by atoms with E-state index in [1.54, 1.807) is 0 Å². The first kappa shape index (κ1) is 12.0. The summed E-state index contributed by atoms with van der Waals surface area (Å²) < 4.78 is 6.50.